The lowest BCUT2D eigenvalue weighted by Gasteiger charge is -2.13. The van der Waals surface area contributed by atoms with Crippen molar-refractivity contribution >= 4 is 22.4 Å². The number of hydrogen-bond donors (Lipinski definition) is 2. The molecule has 0 radical (unpaired) electrons. The van der Waals surface area contributed by atoms with Crippen LogP contribution in [0.2, 0.25) is 0 Å². The monoisotopic (exact) mass is 538 g/mol. The summed E-state index contributed by atoms with van der Waals surface area (Å²) in [4.78, 5) is 8.94. The zero-order valence-electron chi connectivity index (χ0n) is 24.3. The highest BCUT2D eigenvalue weighted by atomic mass is 16.5. The van der Waals surface area contributed by atoms with Crippen LogP contribution in [-0.4, -0.2) is 23.8 Å². The van der Waals surface area contributed by atoms with Crippen LogP contribution < -0.4 is 16.2 Å². The van der Waals surface area contributed by atoms with Gasteiger partial charge >= 0.3 is 0 Å². The molecule has 3 aromatic rings. The number of hydrogen-bond acceptors (Lipinski definition) is 4. The van der Waals surface area contributed by atoms with E-state index >= 15 is 0 Å². The van der Waals surface area contributed by atoms with Crippen molar-refractivity contribution in [1.29, 1.82) is 0 Å². The first-order valence-corrected chi connectivity index (χ1v) is 13.8. The second-order valence-electron chi connectivity index (χ2n) is 9.88. The molecule has 0 amide bonds. The van der Waals surface area contributed by atoms with E-state index in [4.69, 9.17) is 20.9 Å². The summed E-state index contributed by atoms with van der Waals surface area (Å²) in [6, 6.07) is 20.6. The van der Waals surface area contributed by atoms with Crippen LogP contribution in [0.5, 0.6) is 5.75 Å². The van der Waals surface area contributed by atoms with Crippen LogP contribution in [0, 0.1) is 0 Å². The Kier molecular flexibility index (Phi) is 11.6. The zero-order valence-corrected chi connectivity index (χ0v) is 24.3. The molecule has 40 heavy (non-hydrogen) atoms. The number of ether oxygens (including phenoxy) is 2. The molecule has 0 fully saturated rings. The molecule has 4 N–H and O–H groups in total. The number of aliphatic imine (C=N–C) groups is 2. The van der Waals surface area contributed by atoms with E-state index in [0.717, 1.165) is 45.2 Å². The summed E-state index contributed by atoms with van der Waals surface area (Å²) in [6.07, 6.45) is 10.3. The van der Waals surface area contributed by atoms with Crippen molar-refractivity contribution in [2.75, 3.05) is 0 Å². The molecule has 0 heterocycles. The average Bonchev–Trinajstić information content (AvgIpc) is 2.95. The second kappa shape index (κ2) is 15.3. The predicted molar refractivity (Wildman–Crippen MR) is 169 cm³/mol. The smallest absolute Gasteiger partial charge is 0.125 e. The lowest BCUT2D eigenvalue weighted by molar-refractivity contribution is 0.237. The summed E-state index contributed by atoms with van der Waals surface area (Å²) in [5, 5.41) is 2.28. The van der Waals surface area contributed by atoms with Gasteiger partial charge in [0.05, 0.1) is 6.26 Å². The Bertz CT molecular complexity index is 1400. The van der Waals surface area contributed by atoms with Gasteiger partial charge in [-0.05, 0) is 92.4 Å². The lowest BCUT2D eigenvalue weighted by atomic mass is 10.0. The number of nitrogens with two attached hydrogens (primary N) is 2. The van der Waals surface area contributed by atoms with Gasteiger partial charge in [-0.3, -0.25) is 9.98 Å². The summed E-state index contributed by atoms with van der Waals surface area (Å²) < 4.78 is 12.0. The van der Waals surface area contributed by atoms with Crippen LogP contribution >= 0.6 is 0 Å². The van der Waals surface area contributed by atoms with E-state index in [2.05, 4.69) is 48.1 Å². The quantitative estimate of drug-likeness (QED) is 0.104. The lowest BCUT2D eigenvalue weighted by Crippen LogP contribution is -2.16. The normalized spacial score (nSPS) is 14.0. The van der Waals surface area contributed by atoms with Crippen LogP contribution in [0.3, 0.4) is 0 Å². The second-order valence-corrected chi connectivity index (χ2v) is 9.88. The van der Waals surface area contributed by atoms with Crippen molar-refractivity contribution in [2.45, 2.75) is 66.3 Å². The van der Waals surface area contributed by atoms with Crippen molar-refractivity contribution in [3.05, 3.63) is 113 Å². The molecule has 0 aliphatic carbocycles. The molecule has 0 saturated heterocycles. The molecule has 210 valence electrons. The molecule has 6 heteroatoms. The van der Waals surface area contributed by atoms with Gasteiger partial charge in [-0.1, -0.05) is 55.5 Å². The number of benzene rings is 3. The molecule has 0 aliphatic heterocycles. The number of rotatable bonds is 13. The van der Waals surface area contributed by atoms with Crippen molar-refractivity contribution in [1.82, 2.24) is 0 Å². The molecular formula is C34H42N4O2. The maximum atomic E-state index is 6.15. The third kappa shape index (κ3) is 8.87. The van der Waals surface area contributed by atoms with Crippen LogP contribution in [0.25, 0.3) is 10.8 Å². The Morgan fingerprint density at radius 3 is 2.12 bits per heavy atom. The van der Waals surface area contributed by atoms with Gasteiger partial charge in [0.2, 0.25) is 0 Å². The fraction of sp³-hybridized carbons (Fsp3) is 0.294. The average molecular weight is 539 g/mol. The van der Waals surface area contributed by atoms with Crippen LogP contribution in [0.15, 0.2) is 107 Å². The molecule has 0 spiro atoms. The highest BCUT2D eigenvalue weighted by Gasteiger charge is 2.08. The first-order chi connectivity index (χ1) is 19.3. The summed E-state index contributed by atoms with van der Waals surface area (Å²) >= 11 is 0. The molecule has 6 nitrogen and oxygen atoms in total. The van der Waals surface area contributed by atoms with Gasteiger partial charge in [0.25, 0.3) is 0 Å². The van der Waals surface area contributed by atoms with Crippen molar-refractivity contribution in [3.63, 3.8) is 0 Å². The van der Waals surface area contributed by atoms with Crippen LogP contribution in [-0.2, 0) is 18.0 Å². The largest absolute Gasteiger partial charge is 0.496 e. The first-order valence-electron chi connectivity index (χ1n) is 13.8. The predicted octanol–water partition coefficient (Wildman–Crippen LogP) is 7.22. The van der Waals surface area contributed by atoms with E-state index in [1.165, 1.54) is 0 Å². The maximum Gasteiger partial charge on any atom is 0.125 e. The third-order valence-corrected chi connectivity index (χ3v) is 6.33. The zero-order chi connectivity index (χ0) is 28.9. The molecule has 3 aromatic carbocycles. The van der Waals surface area contributed by atoms with Gasteiger partial charge < -0.3 is 20.9 Å². The molecular weight excluding hydrogens is 496 g/mol. The SMILES string of the molecule is C\C=C/C(=C\C=C\OCc1ccc(COc2ccc(C(N)=NC(C)CC)cc2)c2ccccc12)C(N)=NC(C)C. The molecule has 1 unspecified atom stereocenters. The van der Waals surface area contributed by atoms with Gasteiger partial charge in [-0.15, -0.1) is 0 Å². The van der Waals surface area contributed by atoms with Gasteiger partial charge in [0.1, 0.15) is 30.6 Å². The molecule has 0 bridgehead atoms. The van der Waals surface area contributed by atoms with E-state index < -0.39 is 0 Å². The Morgan fingerprint density at radius 2 is 1.52 bits per heavy atom. The molecule has 0 saturated carbocycles. The summed E-state index contributed by atoms with van der Waals surface area (Å²) in [7, 11) is 0. The van der Waals surface area contributed by atoms with Crippen molar-refractivity contribution in [3.8, 4) is 5.75 Å². The minimum absolute atomic E-state index is 0.134. The minimum Gasteiger partial charge on any atom is -0.496 e. The third-order valence-electron chi connectivity index (χ3n) is 6.33. The van der Waals surface area contributed by atoms with Crippen molar-refractivity contribution in [2.24, 2.45) is 21.5 Å². The maximum absolute atomic E-state index is 6.15. The van der Waals surface area contributed by atoms with Gasteiger partial charge in [0.15, 0.2) is 0 Å². The van der Waals surface area contributed by atoms with Gasteiger partial charge in [0, 0.05) is 23.2 Å². The van der Waals surface area contributed by atoms with E-state index in [1.54, 1.807) is 6.26 Å². The fourth-order valence-corrected chi connectivity index (χ4v) is 4.06. The molecule has 1 atom stereocenters. The topological polar surface area (TPSA) is 95.2 Å². The molecule has 0 aliphatic rings. The van der Waals surface area contributed by atoms with Crippen molar-refractivity contribution < 1.29 is 9.47 Å². The van der Waals surface area contributed by atoms with E-state index in [-0.39, 0.29) is 12.1 Å². The highest BCUT2D eigenvalue weighted by molar-refractivity contribution is 6.00. The standard InChI is InChI=1S/C34H42N4O2/c1-6-11-26(33(35)37-24(3)4)12-10-21-39-22-28-15-16-29(32-14-9-8-13-31(28)32)23-40-30-19-17-27(18-20-30)34(36)38-25(5)7-2/h6,8-21,24-25H,7,22-23H2,1-5H3,(H2,35,37)(H2,36,38)/b11-6-,21-10+,26-12+. The summed E-state index contributed by atoms with van der Waals surface area (Å²) in [6.45, 7) is 11.0. The Hall–Kier alpha value is -4.32. The van der Waals surface area contributed by atoms with E-state index in [1.807, 2.05) is 81.5 Å². The van der Waals surface area contributed by atoms with E-state index in [0.29, 0.717) is 24.9 Å². The number of fused-ring (bicyclic) bond motifs is 1. The van der Waals surface area contributed by atoms with E-state index in [9.17, 15) is 0 Å². The number of allylic oxidation sites excluding steroid dienone is 3. The fourth-order valence-electron chi connectivity index (χ4n) is 4.06. The summed E-state index contributed by atoms with van der Waals surface area (Å²) in [5.41, 5.74) is 16.2. The highest BCUT2D eigenvalue weighted by Crippen LogP contribution is 2.25. The Balaban J connectivity index is 1.67. The van der Waals surface area contributed by atoms with Crippen LogP contribution in [0.1, 0.15) is 57.7 Å². The molecule has 0 aromatic heterocycles. The van der Waals surface area contributed by atoms with Gasteiger partial charge in [-0.2, -0.15) is 0 Å². The Morgan fingerprint density at radius 1 is 0.875 bits per heavy atom. The molecule has 3 rings (SSSR count). The Labute approximate surface area is 238 Å². The van der Waals surface area contributed by atoms with Crippen LogP contribution in [0.4, 0.5) is 0 Å². The minimum atomic E-state index is 0.134. The number of nitrogens with zero attached hydrogens (tertiary/aromatic N) is 2. The first kappa shape index (κ1) is 30.2. The summed E-state index contributed by atoms with van der Waals surface area (Å²) in [5.74, 6) is 1.85. The number of amidine groups is 2. The van der Waals surface area contributed by atoms with Gasteiger partial charge in [-0.25, -0.2) is 0 Å².